The minimum Gasteiger partial charge on any atom is -0.481 e. The van der Waals surface area contributed by atoms with Gasteiger partial charge < -0.3 is 15.4 Å². The standard InChI is InChI=1S/C19H18Cl2N2O3/c1-19(2,11-6-7-13(20)14(21)8-11)10-22-18(25)12-4-3-5-15-17(12)26-9-16(24)23-15/h3-8H,9-10H2,1-2H3,(H,22,25)(H,23,24). The van der Waals surface area contributed by atoms with Gasteiger partial charge in [0.15, 0.2) is 12.4 Å². The molecule has 0 fully saturated rings. The lowest BCUT2D eigenvalue weighted by Gasteiger charge is -2.27. The van der Waals surface area contributed by atoms with Crippen molar-refractivity contribution in [1.29, 1.82) is 0 Å². The van der Waals surface area contributed by atoms with E-state index >= 15 is 0 Å². The number of hydrogen-bond acceptors (Lipinski definition) is 3. The van der Waals surface area contributed by atoms with E-state index in [-0.39, 0.29) is 23.8 Å². The Labute approximate surface area is 161 Å². The minimum absolute atomic E-state index is 0.105. The number of anilines is 1. The number of hydrogen-bond donors (Lipinski definition) is 2. The van der Waals surface area contributed by atoms with Crippen LogP contribution in [0.4, 0.5) is 5.69 Å². The molecule has 0 atom stereocenters. The molecule has 3 rings (SSSR count). The number of ether oxygens (including phenoxy) is 1. The van der Waals surface area contributed by atoms with Crippen LogP contribution in [0.1, 0.15) is 29.8 Å². The van der Waals surface area contributed by atoms with E-state index in [9.17, 15) is 9.59 Å². The maximum absolute atomic E-state index is 12.6. The molecule has 136 valence electrons. The molecule has 0 aromatic heterocycles. The lowest BCUT2D eigenvalue weighted by atomic mass is 9.84. The summed E-state index contributed by atoms with van der Waals surface area (Å²) in [6, 6.07) is 10.5. The molecule has 1 heterocycles. The van der Waals surface area contributed by atoms with E-state index in [0.717, 1.165) is 5.56 Å². The summed E-state index contributed by atoms with van der Waals surface area (Å²) in [4.78, 5) is 24.1. The Morgan fingerprint density at radius 3 is 2.73 bits per heavy atom. The molecule has 0 saturated heterocycles. The lowest BCUT2D eigenvalue weighted by molar-refractivity contribution is -0.118. The molecule has 2 aromatic rings. The SMILES string of the molecule is CC(C)(CNC(=O)c1cccc2c1OCC(=O)N2)c1ccc(Cl)c(Cl)c1. The molecule has 2 aromatic carbocycles. The molecule has 26 heavy (non-hydrogen) atoms. The van der Waals surface area contributed by atoms with Crippen LogP contribution in [0.5, 0.6) is 5.75 Å². The second-order valence-corrected chi connectivity index (χ2v) is 7.53. The van der Waals surface area contributed by atoms with E-state index in [1.165, 1.54) is 0 Å². The van der Waals surface area contributed by atoms with Gasteiger partial charge in [-0.15, -0.1) is 0 Å². The second kappa shape index (κ2) is 7.17. The number of nitrogens with one attached hydrogen (secondary N) is 2. The molecule has 0 spiro atoms. The smallest absolute Gasteiger partial charge is 0.262 e. The van der Waals surface area contributed by atoms with Gasteiger partial charge in [-0.2, -0.15) is 0 Å². The normalized spacial score (nSPS) is 13.5. The van der Waals surface area contributed by atoms with Crippen molar-refractivity contribution in [2.45, 2.75) is 19.3 Å². The first kappa shape index (κ1) is 18.5. The van der Waals surface area contributed by atoms with Crippen molar-refractivity contribution in [2.24, 2.45) is 0 Å². The van der Waals surface area contributed by atoms with Crippen molar-refractivity contribution in [3.63, 3.8) is 0 Å². The Kier molecular flexibility index (Phi) is 5.12. The van der Waals surface area contributed by atoms with Crippen LogP contribution in [0.15, 0.2) is 36.4 Å². The van der Waals surface area contributed by atoms with Gasteiger partial charge in [-0.3, -0.25) is 9.59 Å². The van der Waals surface area contributed by atoms with Crippen molar-refractivity contribution in [3.8, 4) is 5.75 Å². The number of para-hydroxylation sites is 1. The summed E-state index contributed by atoms with van der Waals surface area (Å²) in [5.74, 6) is -0.126. The van der Waals surface area contributed by atoms with Gasteiger partial charge in [-0.25, -0.2) is 0 Å². The zero-order valence-electron chi connectivity index (χ0n) is 14.4. The van der Waals surface area contributed by atoms with E-state index < -0.39 is 0 Å². The maximum Gasteiger partial charge on any atom is 0.262 e. The highest BCUT2D eigenvalue weighted by Crippen LogP contribution is 2.32. The van der Waals surface area contributed by atoms with Gasteiger partial charge in [0.05, 0.1) is 21.3 Å². The second-order valence-electron chi connectivity index (χ2n) is 6.71. The molecule has 5 nitrogen and oxygen atoms in total. The molecular formula is C19H18Cl2N2O3. The Morgan fingerprint density at radius 2 is 2.00 bits per heavy atom. The van der Waals surface area contributed by atoms with E-state index in [0.29, 0.717) is 33.6 Å². The first-order chi connectivity index (χ1) is 12.3. The molecule has 2 amide bonds. The summed E-state index contributed by atoms with van der Waals surface area (Å²) < 4.78 is 5.43. The first-order valence-electron chi connectivity index (χ1n) is 8.07. The lowest BCUT2D eigenvalue weighted by Crippen LogP contribution is -2.37. The summed E-state index contributed by atoms with van der Waals surface area (Å²) in [6.45, 7) is 4.29. The summed E-state index contributed by atoms with van der Waals surface area (Å²) in [5, 5.41) is 6.59. The summed E-state index contributed by atoms with van der Waals surface area (Å²) >= 11 is 12.1. The van der Waals surface area contributed by atoms with E-state index in [1.54, 1.807) is 30.3 Å². The van der Waals surface area contributed by atoms with Crippen molar-refractivity contribution in [3.05, 3.63) is 57.6 Å². The topological polar surface area (TPSA) is 67.4 Å². The molecule has 0 radical (unpaired) electrons. The number of carbonyl (C=O) groups excluding carboxylic acids is 2. The van der Waals surface area contributed by atoms with E-state index in [2.05, 4.69) is 10.6 Å². The van der Waals surface area contributed by atoms with E-state index in [1.807, 2.05) is 19.9 Å². The fourth-order valence-corrected chi connectivity index (χ4v) is 3.01. The highest BCUT2D eigenvalue weighted by Gasteiger charge is 2.26. The van der Waals surface area contributed by atoms with Crippen LogP contribution in [-0.4, -0.2) is 25.0 Å². The quantitative estimate of drug-likeness (QED) is 0.824. The Bertz CT molecular complexity index is 881. The predicted molar refractivity (Wildman–Crippen MR) is 102 cm³/mol. The molecule has 1 aliphatic rings. The van der Waals surface area contributed by atoms with Crippen LogP contribution >= 0.6 is 23.2 Å². The van der Waals surface area contributed by atoms with Crippen molar-refractivity contribution in [1.82, 2.24) is 5.32 Å². The molecule has 0 bridgehead atoms. The summed E-state index contributed by atoms with van der Waals surface area (Å²) in [5.41, 5.74) is 1.49. The van der Waals surface area contributed by atoms with Gasteiger partial charge in [0.2, 0.25) is 0 Å². The Morgan fingerprint density at radius 1 is 1.23 bits per heavy atom. The van der Waals surface area contributed by atoms with Crippen LogP contribution in [0.2, 0.25) is 10.0 Å². The monoisotopic (exact) mass is 392 g/mol. The average molecular weight is 393 g/mol. The van der Waals surface area contributed by atoms with Gasteiger partial charge in [0, 0.05) is 12.0 Å². The van der Waals surface area contributed by atoms with Gasteiger partial charge in [-0.1, -0.05) is 49.2 Å². The maximum atomic E-state index is 12.6. The van der Waals surface area contributed by atoms with Crippen LogP contribution in [-0.2, 0) is 10.2 Å². The summed E-state index contributed by atoms with van der Waals surface area (Å²) in [6.07, 6.45) is 0. The third-order valence-corrected chi connectivity index (χ3v) is 5.01. The van der Waals surface area contributed by atoms with Crippen LogP contribution < -0.4 is 15.4 Å². The number of halogens is 2. The molecular weight excluding hydrogens is 375 g/mol. The summed E-state index contributed by atoms with van der Waals surface area (Å²) in [7, 11) is 0. The van der Waals surface area contributed by atoms with Gasteiger partial charge in [0.1, 0.15) is 0 Å². The number of rotatable bonds is 4. The molecule has 2 N–H and O–H groups in total. The molecule has 0 aliphatic carbocycles. The third kappa shape index (κ3) is 3.79. The number of amides is 2. The number of carbonyl (C=O) groups is 2. The minimum atomic E-state index is -0.353. The van der Waals surface area contributed by atoms with Crippen LogP contribution in [0.3, 0.4) is 0 Å². The van der Waals surface area contributed by atoms with Gasteiger partial charge >= 0.3 is 0 Å². The number of fused-ring (bicyclic) bond motifs is 1. The highest BCUT2D eigenvalue weighted by molar-refractivity contribution is 6.42. The van der Waals surface area contributed by atoms with Gasteiger partial charge in [-0.05, 0) is 29.8 Å². The third-order valence-electron chi connectivity index (χ3n) is 4.27. The largest absolute Gasteiger partial charge is 0.481 e. The van der Waals surface area contributed by atoms with Gasteiger partial charge in [0.25, 0.3) is 11.8 Å². The van der Waals surface area contributed by atoms with Crippen molar-refractivity contribution in [2.75, 3.05) is 18.5 Å². The fraction of sp³-hybridized carbons (Fsp3) is 0.263. The van der Waals surface area contributed by atoms with Crippen LogP contribution in [0, 0.1) is 0 Å². The Balaban J connectivity index is 1.75. The number of benzene rings is 2. The average Bonchev–Trinajstić information content (AvgIpc) is 2.61. The predicted octanol–water partition coefficient (Wildman–Crippen LogP) is 4.03. The Hall–Kier alpha value is -2.24. The highest BCUT2D eigenvalue weighted by atomic mass is 35.5. The fourth-order valence-electron chi connectivity index (χ4n) is 2.71. The molecule has 0 saturated carbocycles. The first-order valence-corrected chi connectivity index (χ1v) is 8.83. The van der Waals surface area contributed by atoms with Crippen molar-refractivity contribution >= 4 is 40.7 Å². The zero-order valence-corrected chi connectivity index (χ0v) is 15.9. The molecule has 7 heteroatoms. The molecule has 1 aliphatic heterocycles. The van der Waals surface area contributed by atoms with E-state index in [4.69, 9.17) is 27.9 Å². The molecule has 0 unspecified atom stereocenters. The van der Waals surface area contributed by atoms with Crippen LogP contribution in [0.25, 0.3) is 0 Å². The zero-order chi connectivity index (χ0) is 18.9. The van der Waals surface area contributed by atoms with Crippen molar-refractivity contribution < 1.29 is 14.3 Å².